The van der Waals surface area contributed by atoms with Gasteiger partial charge in [-0.1, -0.05) is 51.1 Å². The molecule has 2 N–H and O–H groups in total. The Morgan fingerprint density at radius 3 is 2.06 bits per heavy atom. The smallest absolute Gasteiger partial charge is 0.251 e. The van der Waals surface area contributed by atoms with Gasteiger partial charge >= 0.3 is 0 Å². The van der Waals surface area contributed by atoms with Gasteiger partial charge in [0.1, 0.15) is 11.9 Å². The number of rotatable bonds is 8. The summed E-state index contributed by atoms with van der Waals surface area (Å²) in [6.07, 6.45) is 0.234. The van der Waals surface area contributed by atoms with E-state index in [1.165, 1.54) is 48.5 Å². The highest BCUT2D eigenvalue weighted by Gasteiger charge is 2.25. The minimum atomic E-state index is -3.47. The lowest BCUT2D eigenvalue weighted by Gasteiger charge is -2.20. The summed E-state index contributed by atoms with van der Waals surface area (Å²) in [7, 11) is -3.47. The van der Waals surface area contributed by atoms with E-state index in [2.05, 4.69) is 10.6 Å². The standard InChI is InChI=1S/C27H29FN2O4S/c1-27(2,3)18-35(33,34)23-15-13-22(14-16-23)29-26(32)24(17-19-7-5-4-6-8-19)30-25(31)20-9-11-21(28)12-10-20/h4-16,24H,17-18H2,1-3H3,(H,29,32)(H,30,31). The zero-order chi connectivity index (χ0) is 25.6. The van der Waals surface area contributed by atoms with E-state index < -0.39 is 33.5 Å². The summed E-state index contributed by atoms with van der Waals surface area (Å²) in [4.78, 5) is 26.0. The van der Waals surface area contributed by atoms with Gasteiger partial charge < -0.3 is 10.6 Å². The molecule has 0 aliphatic heterocycles. The van der Waals surface area contributed by atoms with Crippen molar-refractivity contribution >= 4 is 27.3 Å². The summed E-state index contributed by atoms with van der Waals surface area (Å²) >= 11 is 0. The molecule has 0 heterocycles. The molecule has 8 heteroatoms. The lowest BCUT2D eigenvalue weighted by Crippen LogP contribution is -2.45. The Morgan fingerprint density at radius 1 is 0.886 bits per heavy atom. The summed E-state index contributed by atoms with van der Waals surface area (Å²) in [5.41, 5.74) is 1.08. The van der Waals surface area contributed by atoms with Gasteiger partial charge in [-0.15, -0.1) is 0 Å². The predicted octanol–water partition coefficient (Wildman–Crippen LogP) is 4.63. The van der Waals surface area contributed by atoms with Crippen molar-refractivity contribution in [3.05, 3.63) is 95.8 Å². The average molecular weight is 497 g/mol. The van der Waals surface area contributed by atoms with E-state index in [0.29, 0.717) is 5.69 Å². The van der Waals surface area contributed by atoms with Crippen LogP contribution in [0.25, 0.3) is 0 Å². The first-order valence-corrected chi connectivity index (χ1v) is 12.8. The Labute approximate surface area is 205 Å². The Kier molecular flexibility index (Phi) is 8.07. The molecule has 1 atom stereocenters. The summed E-state index contributed by atoms with van der Waals surface area (Å²) in [6, 6.07) is 19.3. The van der Waals surface area contributed by atoms with Crippen molar-refractivity contribution in [1.29, 1.82) is 0 Å². The molecule has 0 spiro atoms. The molecule has 6 nitrogen and oxygen atoms in total. The van der Waals surface area contributed by atoms with Crippen molar-refractivity contribution in [2.75, 3.05) is 11.1 Å². The minimum Gasteiger partial charge on any atom is -0.340 e. The maximum Gasteiger partial charge on any atom is 0.251 e. The molecule has 0 radical (unpaired) electrons. The van der Waals surface area contributed by atoms with E-state index in [1.807, 2.05) is 51.1 Å². The highest BCUT2D eigenvalue weighted by molar-refractivity contribution is 7.91. The Bertz CT molecular complexity index is 1270. The zero-order valence-corrected chi connectivity index (χ0v) is 20.7. The molecule has 0 bridgehead atoms. The van der Waals surface area contributed by atoms with Gasteiger partial charge in [0.15, 0.2) is 9.84 Å². The number of hydrogen-bond acceptors (Lipinski definition) is 4. The molecule has 0 aliphatic carbocycles. The van der Waals surface area contributed by atoms with Crippen LogP contribution in [0.15, 0.2) is 83.8 Å². The number of nitrogens with one attached hydrogen (secondary N) is 2. The van der Waals surface area contributed by atoms with Crippen LogP contribution in [-0.4, -0.2) is 32.0 Å². The number of sulfone groups is 1. The second-order valence-corrected chi connectivity index (χ2v) is 11.5. The van der Waals surface area contributed by atoms with Crippen molar-refractivity contribution in [3.63, 3.8) is 0 Å². The second-order valence-electron chi connectivity index (χ2n) is 9.56. The second kappa shape index (κ2) is 10.8. The van der Waals surface area contributed by atoms with E-state index in [4.69, 9.17) is 0 Å². The summed E-state index contributed by atoms with van der Waals surface area (Å²) < 4.78 is 38.4. The molecule has 184 valence electrons. The van der Waals surface area contributed by atoms with E-state index in [1.54, 1.807) is 0 Å². The monoisotopic (exact) mass is 496 g/mol. The van der Waals surface area contributed by atoms with Crippen LogP contribution in [0.5, 0.6) is 0 Å². The van der Waals surface area contributed by atoms with Crippen molar-refractivity contribution < 1.29 is 22.4 Å². The molecule has 3 aromatic rings. The first-order chi connectivity index (χ1) is 16.4. The maximum absolute atomic E-state index is 13.2. The van der Waals surface area contributed by atoms with E-state index >= 15 is 0 Å². The first-order valence-electron chi connectivity index (χ1n) is 11.2. The SMILES string of the molecule is CC(C)(C)CS(=O)(=O)c1ccc(NC(=O)C(Cc2ccccc2)NC(=O)c2ccc(F)cc2)cc1. The normalized spacial score (nSPS) is 12.6. The number of carbonyl (C=O) groups excluding carboxylic acids is 2. The van der Waals surface area contributed by atoms with Gasteiger partial charge in [0.05, 0.1) is 10.6 Å². The van der Waals surface area contributed by atoms with Crippen LogP contribution in [0.3, 0.4) is 0 Å². The maximum atomic E-state index is 13.2. The molecule has 0 saturated carbocycles. The highest BCUT2D eigenvalue weighted by atomic mass is 32.2. The minimum absolute atomic E-state index is 0.000270. The fourth-order valence-electron chi connectivity index (χ4n) is 3.53. The van der Waals surface area contributed by atoms with Gasteiger partial charge in [0, 0.05) is 17.7 Å². The third-order valence-corrected chi connectivity index (χ3v) is 7.35. The highest BCUT2D eigenvalue weighted by Crippen LogP contribution is 2.23. The Balaban J connectivity index is 1.77. The van der Waals surface area contributed by atoms with Gasteiger partial charge in [-0.3, -0.25) is 9.59 Å². The van der Waals surface area contributed by atoms with Crippen LogP contribution in [0.1, 0.15) is 36.7 Å². The molecule has 0 aromatic heterocycles. The zero-order valence-electron chi connectivity index (χ0n) is 19.9. The van der Waals surface area contributed by atoms with Crippen molar-refractivity contribution in [1.82, 2.24) is 5.32 Å². The molecular formula is C27H29FN2O4S. The van der Waals surface area contributed by atoms with Gasteiger partial charge in [-0.25, -0.2) is 12.8 Å². The lowest BCUT2D eigenvalue weighted by molar-refractivity contribution is -0.118. The molecule has 0 aliphatic rings. The average Bonchev–Trinajstić information content (AvgIpc) is 2.78. The lowest BCUT2D eigenvalue weighted by atomic mass is 10.0. The van der Waals surface area contributed by atoms with Gasteiger partial charge in [0.2, 0.25) is 5.91 Å². The van der Waals surface area contributed by atoms with Crippen LogP contribution in [-0.2, 0) is 21.1 Å². The number of benzene rings is 3. The number of anilines is 1. The molecule has 3 rings (SSSR count). The number of hydrogen-bond donors (Lipinski definition) is 2. The molecule has 0 saturated heterocycles. The largest absolute Gasteiger partial charge is 0.340 e. The summed E-state index contributed by atoms with van der Waals surface area (Å²) in [6.45, 7) is 5.56. The predicted molar refractivity (Wildman–Crippen MR) is 134 cm³/mol. The van der Waals surface area contributed by atoms with Gasteiger partial charge in [0.25, 0.3) is 5.91 Å². The molecule has 3 aromatic carbocycles. The number of amides is 2. The molecule has 35 heavy (non-hydrogen) atoms. The molecule has 0 fully saturated rings. The number of halogens is 1. The first kappa shape index (κ1) is 26.1. The third-order valence-electron chi connectivity index (χ3n) is 5.11. The van der Waals surface area contributed by atoms with E-state index in [9.17, 15) is 22.4 Å². The topological polar surface area (TPSA) is 92.3 Å². The summed E-state index contributed by atoms with van der Waals surface area (Å²) in [5, 5.41) is 5.46. The molecule has 2 amide bonds. The molecular weight excluding hydrogens is 467 g/mol. The quantitative estimate of drug-likeness (QED) is 0.476. The third kappa shape index (κ3) is 7.75. The molecule has 1 unspecified atom stereocenters. The fourth-order valence-corrected chi connectivity index (χ4v) is 5.39. The summed E-state index contributed by atoms with van der Waals surface area (Å²) in [5.74, 6) is -1.44. The van der Waals surface area contributed by atoms with Crippen molar-refractivity contribution in [3.8, 4) is 0 Å². The van der Waals surface area contributed by atoms with Crippen LogP contribution < -0.4 is 10.6 Å². The van der Waals surface area contributed by atoms with Crippen LogP contribution >= 0.6 is 0 Å². The fraction of sp³-hybridized carbons (Fsp3) is 0.259. The van der Waals surface area contributed by atoms with E-state index in [-0.39, 0.29) is 28.0 Å². The number of carbonyl (C=O) groups is 2. The van der Waals surface area contributed by atoms with Gasteiger partial charge in [-0.2, -0.15) is 0 Å². The van der Waals surface area contributed by atoms with Crippen molar-refractivity contribution in [2.45, 2.75) is 38.1 Å². The Hall–Kier alpha value is -3.52. The Morgan fingerprint density at radius 2 is 1.49 bits per heavy atom. The van der Waals surface area contributed by atoms with Gasteiger partial charge in [-0.05, 0) is 59.5 Å². The van der Waals surface area contributed by atoms with Crippen LogP contribution in [0.4, 0.5) is 10.1 Å². The van der Waals surface area contributed by atoms with E-state index in [0.717, 1.165) is 5.56 Å². The van der Waals surface area contributed by atoms with Crippen LogP contribution in [0.2, 0.25) is 0 Å². The van der Waals surface area contributed by atoms with Crippen LogP contribution in [0, 0.1) is 11.2 Å². The van der Waals surface area contributed by atoms with Crippen molar-refractivity contribution in [2.24, 2.45) is 5.41 Å².